The molecule has 0 N–H and O–H groups in total. The van der Waals surface area contributed by atoms with Crippen molar-refractivity contribution in [3.05, 3.63) is 170 Å². The number of para-hydroxylation sites is 6. The average molecular weight is 665 g/mol. The quantitative estimate of drug-likeness (QED) is 0.188. The smallest absolute Gasteiger partial charge is 0.145 e. The molecule has 4 aromatic heterocycles. The van der Waals surface area contributed by atoms with Crippen LogP contribution in [0.25, 0.3) is 110 Å². The predicted octanol–water partition coefficient (Wildman–Crippen LogP) is 13.3. The maximum Gasteiger partial charge on any atom is 0.145 e. The van der Waals surface area contributed by atoms with Gasteiger partial charge in [0, 0.05) is 43.4 Å². The topological polar surface area (TPSA) is 36.1 Å². The standard InChI is InChI=1S/C48H28N2O2/c1-7-19-37(49-39-21-9-3-17-35(39)45-41(49)27-25-33-31-15-5-11-23-43(31)51-47(33)45)29(13-1)30-14-2-8-20-38(30)50-40-22-10-4-18-36(40)46-42(50)28-26-34-32-16-6-12-24-44(32)52-48(34)46/h1-28H. The normalized spacial score (nSPS) is 12.2. The Bertz CT molecular complexity index is 3190. The molecule has 4 nitrogen and oxygen atoms in total. The van der Waals surface area contributed by atoms with Crippen molar-refractivity contribution in [2.75, 3.05) is 0 Å². The molecule has 0 aliphatic rings. The molecule has 0 aliphatic heterocycles. The molecule has 4 heterocycles. The molecule has 0 radical (unpaired) electrons. The number of rotatable bonds is 3. The van der Waals surface area contributed by atoms with Crippen molar-refractivity contribution in [3.63, 3.8) is 0 Å². The van der Waals surface area contributed by atoms with E-state index in [1.54, 1.807) is 0 Å². The zero-order valence-corrected chi connectivity index (χ0v) is 27.9. The van der Waals surface area contributed by atoms with E-state index in [0.717, 1.165) is 99.2 Å². The highest BCUT2D eigenvalue weighted by Crippen LogP contribution is 2.45. The van der Waals surface area contributed by atoms with E-state index in [4.69, 9.17) is 8.83 Å². The largest absolute Gasteiger partial charge is 0.455 e. The van der Waals surface area contributed by atoms with Crippen LogP contribution in [-0.2, 0) is 0 Å². The molecule has 12 rings (SSSR count). The second kappa shape index (κ2) is 10.3. The van der Waals surface area contributed by atoms with Crippen LogP contribution in [0.2, 0.25) is 0 Å². The lowest BCUT2D eigenvalue weighted by Gasteiger charge is -2.18. The lowest BCUT2D eigenvalue weighted by molar-refractivity contribution is 0.672. The molecule has 0 bridgehead atoms. The van der Waals surface area contributed by atoms with Crippen LogP contribution >= 0.6 is 0 Å². The Kier molecular flexibility index (Phi) is 5.47. The zero-order valence-electron chi connectivity index (χ0n) is 27.9. The van der Waals surface area contributed by atoms with Gasteiger partial charge in [0.1, 0.15) is 22.3 Å². The van der Waals surface area contributed by atoms with Crippen LogP contribution in [0.1, 0.15) is 0 Å². The maximum atomic E-state index is 6.61. The summed E-state index contributed by atoms with van der Waals surface area (Å²) < 4.78 is 18.0. The summed E-state index contributed by atoms with van der Waals surface area (Å²) in [5.41, 5.74) is 12.7. The first-order valence-corrected chi connectivity index (χ1v) is 17.7. The van der Waals surface area contributed by atoms with Crippen LogP contribution in [0.4, 0.5) is 0 Å². The van der Waals surface area contributed by atoms with Crippen molar-refractivity contribution >= 4 is 87.5 Å². The number of hydrogen-bond donors (Lipinski definition) is 0. The highest BCUT2D eigenvalue weighted by Gasteiger charge is 2.23. The number of furan rings is 2. The van der Waals surface area contributed by atoms with Gasteiger partial charge in [0.25, 0.3) is 0 Å². The Morgan fingerprint density at radius 3 is 1.15 bits per heavy atom. The molecule has 0 fully saturated rings. The fraction of sp³-hybridized carbons (Fsp3) is 0. The first-order valence-electron chi connectivity index (χ1n) is 17.7. The average Bonchev–Trinajstić information content (AvgIpc) is 3.95. The summed E-state index contributed by atoms with van der Waals surface area (Å²) in [4.78, 5) is 0. The molecule has 4 heteroatoms. The van der Waals surface area contributed by atoms with Crippen LogP contribution in [0.15, 0.2) is 179 Å². The third kappa shape index (κ3) is 3.60. The van der Waals surface area contributed by atoms with Crippen molar-refractivity contribution < 1.29 is 8.83 Å². The zero-order chi connectivity index (χ0) is 33.9. The first kappa shape index (κ1) is 27.7. The second-order valence-corrected chi connectivity index (χ2v) is 13.6. The molecule has 12 aromatic rings. The van der Waals surface area contributed by atoms with E-state index in [2.05, 4.69) is 167 Å². The van der Waals surface area contributed by atoms with Gasteiger partial charge in [-0.1, -0.05) is 109 Å². The second-order valence-electron chi connectivity index (χ2n) is 13.6. The third-order valence-corrected chi connectivity index (χ3v) is 10.9. The first-order chi connectivity index (χ1) is 25.8. The van der Waals surface area contributed by atoms with Gasteiger partial charge in [-0.3, -0.25) is 0 Å². The van der Waals surface area contributed by atoms with E-state index in [1.807, 2.05) is 12.1 Å². The Hall–Kier alpha value is -7.04. The van der Waals surface area contributed by atoms with Gasteiger partial charge in [-0.25, -0.2) is 0 Å². The van der Waals surface area contributed by atoms with Crippen LogP contribution in [0, 0.1) is 0 Å². The molecule has 8 aromatic carbocycles. The summed E-state index contributed by atoms with van der Waals surface area (Å²) in [5.74, 6) is 0. The van der Waals surface area contributed by atoms with Crippen molar-refractivity contribution in [2.24, 2.45) is 0 Å². The fourth-order valence-electron chi connectivity index (χ4n) is 8.78. The molecule has 52 heavy (non-hydrogen) atoms. The molecular formula is C48H28N2O2. The highest BCUT2D eigenvalue weighted by molar-refractivity contribution is 6.25. The van der Waals surface area contributed by atoms with E-state index in [0.29, 0.717) is 0 Å². The molecule has 0 saturated carbocycles. The number of aromatic nitrogens is 2. The van der Waals surface area contributed by atoms with E-state index in [1.165, 1.54) is 10.8 Å². The van der Waals surface area contributed by atoms with Crippen molar-refractivity contribution in [1.29, 1.82) is 0 Å². The number of nitrogens with zero attached hydrogens (tertiary/aromatic N) is 2. The molecule has 0 unspecified atom stereocenters. The van der Waals surface area contributed by atoms with Gasteiger partial charge >= 0.3 is 0 Å². The van der Waals surface area contributed by atoms with Crippen molar-refractivity contribution in [3.8, 4) is 22.5 Å². The third-order valence-electron chi connectivity index (χ3n) is 10.9. The summed E-state index contributed by atoms with van der Waals surface area (Å²) in [7, 11) is 0. The molecule has 0 saturated heterocycles. The summed E-state index contributed by atoms with van der Waals surface area (Å²) in [6.07, 6.45) is 0. The van der Waals surface area contributed by atoms with Gasteiger partial charge < -0.3 is 18.0 Å². The lowest BCUT2D eigenvalue weighted by Crippen LogP contribution is -2.01. The van der Waals surface area contributed by atoms with Gasteiger partial charge in [-0.2, -0.15) is 0 Å². The Morgan fingerprint density at radius 2 is 0.673 bits per heavy atom. The molecule has 0 spiro atoms. The monoisotopic (exact) mass is 664 g/mol. The molecular weight excluding hydrogens is 637 g/mol. The van der Waals surface area contributed by atoms with Crippen LogP contribution in [0.3, 0.4) is 0 Å². The number of benzene rings is 8. The number of fused-ring (bicyclic) bond motifs is 14. The minimum atomic E-state index is 0.905. The molecule has 0 amide bonds. The summed E-state index contributed by atoms with van der Waals surface area (Å²) in [6.45, 7) is 0. The Morgan fingerprint density at radius 1 is 0.288 bits per heavy atom. The number of hydrogen-bond acceptors (Lipinski definition) is 2. The van der Waals surface area contributed by atoms with Crippen LogP contribution < -0.4 is 0 Å². The van der Waals surface area contributed by atoms with Gasteiger partial charge in [-0.15, -0.1) is 0 Å². The van der Waals surface area contributed by atoms with Gasteiger partial charge in [0.15, 0.2) is 0 Å². The molecule has 242 valence electrons. The summed E-state index contributed by atoms with van der Waals surface area (Å²) in [6, 6.07) is 60.5. The Balaban J connectivity index is 1.16. The van der Waals surface area contributed by atoms with E-state index in [-0.39, 0.29) is 0 Å². The van der Waals surface area contributed by atoms with Gasteiger partial charge in [0.2, 0.25) is 0 Å². The molecule has 0 atom stereocenters. The SMILES string of the molecule is c1ccc(-n2c3ccccc3c3c4oc5ccccc5c4ccc32)c(-c2ccccc2-n2c3ccccc3c3c4oc5ccccc5c4ccc32)c1. The highest BCUT2D eigenvalue weighted by atomic mass is 16.3. The van der Waals surface area contributed by atoms with E-state index < -0.39 is 0 Å². The fourth-order valence-corrected chi connectivity index (χ4v) is 8.78. The minimum Gasteiger partial charge on any atom is -0.455 e. The van der Waals surface area contributed by atoms with E-state index in [9.17, 15) is 0 Å². The lowest BCUT2D eigenvalue weighted by atomic mass is 10.0. The van der Waals surface area contributed by atoms with Gasteiger partial charge in [0.05, 0.1) is 44.2 Å². The maximum absolute atomic E-state index is 6.61. The van der Waals surface area contributed by atoms with E-state index >= 15 is 0 Å². The van der Waals surface area contributed by atoms with Crippen molar-refractivity contribution in [1.82, 2.24) is 9.13 Å². The van der Waals surface area contributed by atoms with Crippen LogP contribution in [-0.4, -0.2) is 9.13 Å². The van der Waals surface area contributed by atoms with Crippen LogP contribution in [0.5, 0.6) is 0 Å². The molecule has 0 aliphatic carbocycles. The summed E-state index contributed by atoms with van der Waals surface area (Å²) in [5, 5.41) is 9.14. The summed E-state index contributed by atoms with van der Waals surface area (Å²) >= 11 is 0. The van der Waals surface area contributed by atoms with Gasteiger partial charge in [-0.05, 0) is 60.7 Å². The van der Waals surface area contributed by atoms with Crippen molar-refractivity contribution in [2.45, 2.75) is 0 Å². The predicted molar refractivity (Wildman–Crippen MR) is 215 cm³/mol. The minimum absolute atomic E-state index is 0.905. The Labute approximate surface area is 296 Å².